The maximum Gasteiger partial charge on any atom is 0.303 e. The lowest BCUT2D eigenvalue weighted by Gasteiger charge is -2.17. The number of benzene rings is 3. The van der Waals surface area contributed by atoms with Crippen molar-refractivity contribution >= 4 is 54.9 Å². The third-order valence-corrected chi connectivity index (χ3v) is 11.3. The monoisotopic (exact) mass is 838 g/mol. The van der Waals surface area contributed by atoms with Crippen LogP contribution in [0.15, 0.2) is 88.5 Å². The zero-order valence-corrected chi connectivity index (χ0v) is 32.7. The number of carboxylic acid groups (broad SMARTS) is 1. The van der Waals surface area contributed by atoms with E-state index in [2.05, 4.69) is 49.4 Å². The van der Waals surface area contributed by atoms with Crippen molar-refractivity contribution in [1.29, 1.82) is 0 Å². The van der Waals surface area contributed by atoms with E-state index in [1.165, 1.54) is 29.6 Å². The Morgan fingerprint density at radius 3 is 2.42 bits per heavy atom. The maximum atomic E-state index is 12.1. The molecule has 0 fully saturated rings. The van der Waals surface area contributed by atoms with Crippen molar-refractivity contribution in [2.24, 2.45) is 5.73 Å². The average molecular weight is 841 g/mol. The first-order valence-corrected chi connectivity index (χ1v) is 20.3. The van der Waals surface area contributed by atoms with Gasteiger partial charge < -0.3 is 25.6 Å². The van der Waals surface area contributed by atoms with Gasteiger partial charge in [0.1, 0.15) is 13.2 Å². The van der Waals surface area contributed by atoms with Gasteiger partial charge in [-0.05, 0) is 70.6 Å². The van der Waals surface area contributed by atoms with E-state index in [-0.39, 0.29) is 42.3 Å². The highest BCUT2D eigenvalue weighted by molar-refractivity contribution is 9.10. The molecule has 14 heteroatoms. The summed E-state index contributed by atoms with van der Waals surface area (Å²) >= 11 is 17.7. The molecule has 0 saturated carbocycles. The molecule has 1 aliphatic rings. The molecule has 276 valence electrons. The number of aliphatic carboxylic acids is 1. The summed E-state index contributed by atoms with van der Waals surface area (Å²) in [7, 11) is -3.47. The fourth-order valence-electron chi connectivity index (χ4n) is 6.16. The molecule has 0 spiro atoms. The van der Waals surface area contributed by atoms with Gasteiger partial charge in [-0.1, -0.05) is 77.8 Å². The number of hydrogen-bond donors (Lipinski definition) is 3. The normalized spacial score (nSPS) is 13.9. The SMILES string of the molecule is CS(=O)(=O)c1cncc(COc2nc(OCc3cccc(-c4cccc(-c5ccc6c(c5)C[C@@H](N)C6)c4Cl)c3Cl)c(Br)cc2CNCCCC(=O)O)c1. The molecule has 1 aliphatic carbocycles. The van der Waals surface area contributed by atoms with Crippen LogP contribution in [0.5, 0.6) is 11.8 Å². The summed E-state index contributed by atoms with van der Waals surface area (Å²) in [5, 5.41) is 13.3. The van der Waals surface area contributed by atoms with Crippen molar-refractivity contribution in [3.05, 3.63) is 121 Å². The molecule has 10 nitrogen and oxygen atoms in total. The summed E-state index contributed by atoms with van der Waals surface area (Å²) in [6.07, 6.45) is 6.13. The van der Waals surface area contributed by atoms with Crippen LogP contribution in [0.25, 0.3) is 22.3 Å². The Morgan fingerprint density at radius 2 is 1.64 bits per heavy atom. The summed E-state index contributed by atoms with van der Waals surface area (Å²) in [6, 6.07) is 21.4. The van der Waals surface area contributed by atoms with E-state index < -0.39 is 15.8 Å². The number of pyridine rings is 2. The zero-order valence-electron chi connectivity index (χ0n) is 28.7. The number of fused-ring (bicyclic) bond motifs is 1. The zero-order chi connectivity index (χ0) is 37.7. The maximum absolute atomic E-state index is 12.1. The molecule has 6 rings (SSSR count). The van der Waals surface area contributed by atoms with Crippen LogP contribution >= 0.6 is 39.1 Å². The van der Waals surface area contributed by atoms with Gasteiger partial charge in [0, 0.05) is 71.0 Å². The van der Waals surface area contributed by atoms with Crippen LogP contribution < -0.4 is 20.5 Å². The number of nitrogens with two attached hydrogens (primary N) is 1. The first-order chi connectivity index (χ1) is 25.4. The molecule has 53 heavy (non-hydrogen) atoms. The quantitative estimate of drug-likeness (QED) is 0.0890. The average Bonchev–Trinajstić information content (AvgIpc) is 3.50. The molecule has 0 radical (unpaired) electrons. The van der Waals surface area contributed by atoms with Gasteiger partial charge in [-0.2, -0.15) is 4.98 Å². The largest absolute Gasteiger partial charge is 0.481 e. The topological polar surface area (TPSA) is 154 Å². The number of halogens is 3. The number of hydrogen-bond acceptors (Lipinski definition) is 9. The molecule has 0 unspecified atom stereocenters. The van der Waals surface area contributed by atoms with E-state index in [1.54, 1.807) is 0 Å². The fraction of sp³-hybridized carbons (Fsp3) is 0.256. The van der Waals surface area contributed by atoms with E-state index in [1.807, 2.05) is 42.5 Å². The number of ether oxygens (including phenoxy) is 2. The highest BCUT2D eigenvalue weighted by atomic mass is 79.9. The van der Waals surface area contributed by atoms with E-state index in [0.717, 1.165) is 41.4 Å². The number of rotatable bonds is 15. The standard InChI is InChI=1S/C39H37BrCl2N4O6S/c1-53(49,50)30-13-23(18-45-20-30)21-51-38-28(19-44-12-4-9-35(47)48)17-34(40)39(46-38)52-22-26-5-2-7-32(36(26)41)33-8-3-6-31(37(33)42)25-11-10-24-15-29(43)16-27(24)14-25/h2-3,5-8,10-11,13-14,17-18,20,29,44H,4,9,12,15-16,19,21-22,43H2,1H3,(H,47,48)/t29-/m0/s1. The molecule has 1 atom stereocenters. The minimum atomic E-state index is -3.47. The second kappa shape index (κ2) is 17.0. The predicted molar refractivity (Wildman–Crippen MR) is 209 cm³/mol. The summed E-state index contributed by atoms with van der Waals surface area (Å²) in [4.78, 5) is 19.7. The van der Waals surface area contributed by atoms with Crippen molar-refractivity contribution in [1.82, 2.24) is 15.3 Å². The molecular formula is C39H37BrCl2N4O6S. The third kappa shape index (κ3) is 9.56. The van der Waals surface area contributed by atoms with E-state index in [4.69, 9.17) is 43.5 Å². The van der Waals surface area contributed by atoms with Crippen LogP contribution in [0.1, 0.15) is 40.7 Å². The smallest absolute Gasteiger partial charge is 0.303 e. The molecule has 3 aromatic carbocycles. The van der Waals surface area contributed by atoms with Gasteiger partial charge in [0.2, 0.25) is 11.8 Å². The second-order valence-electron chi connectivity index (χ2n) is 12.9. The lowest BCUT2D eigenvalue weighted by atomic mass is 9.96. The Kier molecular flexibility index (Phi) is 12.4. The van der Waals surface area contributed by atoms with Crippen LogP contribution in [-0.4, -0.2) is 48.3 Å². The highest BCUT2D eigenvalue weighted by Crippen LogP contribution is 2.41. The van der Waals surface area contributed by atoms with Gasteiger partial charge in [-0.3, -0.25) is 9.78 Å². The van der Waals surface area contributed by atoms with Crippen molar-refractivity contribution < 1.29 is 27.8 Å². The first kappa shape index (κ1) is 38.7. The minimum Gasteiger partial charge on any atom is -0.481 e. The minimum absolute atomic E-state index is 0.0108. The van der Waals surface area contributed by atoms with Gasteiger partial charge in [-0.15, -0.1) is 0 Å². The van der Waals surface area contributed by atoms with E-state index in [0.29, 0.717) is 50.7 Å². The number of sulfone groups is 1. The molecule has 2 aromatic heterocycles. The predicted octanol–water partition coefficient (Wildman–Crippen LogP) is 7.82. The van der Waals surface area contributed by atoms with Crippen molar-refractivity contribution in [2.45, 2.75) is 56.4 Å². The Balaban J connectivity index is 1.23. The molecular weight excluding hydrogens is 803 g/mol. The highest BCUT2D eigenvalue weighted by Gasteiger charge is 2.21. The van der Waals surface area contributed by atoms with Gasteiger partial charge in [0.05, 0.1) is 19.4 Å². The van der Waals surface area contributed by atoms with Gasteiger partial charge in [0.15, 0.2) is 9.84 Å². The number of carbonyl (C=O) groups is 1. The van der Waals surface area contributed by atoms with Gasteiger partial charge >= 0.3 is 5.97 Å². The Labute approximate surface area is 326 Å². The van der Waals surface area contributed by atoms with Crippen LogP contribution in [-0.2, 0) is 47.2 Å². The summed E-state index contributed by atoms with van der Waals surface area (Å²) in [5.41, 5.74) is 14.1. The van der Waals surface area contributed by atoms with Crippen molar-refractivity contribution in [2.75, 3.05) is 12.8 Å². The van der Waals surface area contributed by atoms with Crippen LogP contribution in [0.3, 0.4) is 0 Å². The molecule has 0 amide bonds. The second-order valence-corrected chi connectivity index (χ2v) is 16.5. The molecule has 4 N–H and O–H groups in total. The van der Waals surface area contributed by atoms with Gasteiger partial charge in [0.25, 0.3) is 0 Å². The van der Waals surface area contributed by atoms with Crippen LogP contribution in [0.2, 0.25) is 10.0 Å². The molecule has 0 aliphatic heterocycles. The number of carboxylic acids is 1. The summed E-state index contributed by atoms with van der Waals surface area (Å²) in [6.45, 7) is 0.858. The number of nitrogens with zero attached hydrogens (tertiary/aromatic N) is 2. The molecule has 0 bridgehead atoms. The Bertz CT molecular complexity index is 2270. The lowest BCUT2D eigenvalue weighted by molar-refractivity contribution is -0.137. The first-order valence-electron chi connectivity index (χ1n) is 16.8. The van der Waals surface area contributed by atoms with Gasteiger partial charge in [-0.25, -0.2) is 8.42 Å². The third-order valence-electron chi connectivity index (χ3n) is 8.83. The van der Waals surface area contributed by atoms with E-state index in [9.17, 15) is 13.2 Å². The fourth-order valence-corrected chi connectivity index (χ4v) is 7.88. The Morgan fingerprint density at radius 1 is 0.925 bits per heavy atom. The summed E-state index contributed by atoms with van der Waals surface area (Å²) in [5.74, 6) is -0.374. The van der Waals surface area contributed by atoms with Crippen molar-refractivity contribution in [3.63, 3.8) is 0 Å². The Hall–Kier alpha value is -4.04. The van der Waals surface area contributed by atoms with E-state index >= 15 is 0 Å². The molecule has 5 aromatic rings. The number of aromatic nitrogens is 2. The van der Waals surface area contributed by atoms with Crippen LogP contribution in [0, 0.1) is 0 Å². The molecule has 2 heterocycles. The van der Waals surface area contributed by atoms with Crippen LogP contribution in [0.4, 0.5) is 0 Å². The molecule has 0 saturated heterocycles. The number of nitrogens with one attached hydrogen (secondary N) is 1. The van der Waals surface area contributed by atoms with Crippen molar-refractivity contribution in [3.8, 4) is 34.0 Å². The lowest BCUT2D eigenvalue weighted by Crippen LogP contribution is -2.18. The summed E-state index contributed by atoms with van der Waals surface area (Å²) < 4.78 is 37.0.